The quantitative estimate of drug-likeness (QED) is 0.836. The van der Waals surface area contributed by atoms with Crippen LogP contribution in [-0.2, 0) is 13.0 Å². The molecule has 1 saturated heterocycles. The number of methoxy groups -OCH3 is 1. The second-order valence-corrected chi connectivity index (χ2v) is 7.26. The first-order chi connectivity index (χ1) is 12.0. The monoisotopic (exact) mass is 347 g/mol. The van der Waals surface area contributed by atoms with Crippen LogP contribution in [-0.4, -0.2) is 59.6 Å². The summed E-state index contributed by atoms with van der Waals surface area (Å²) in [6.45, 7) is 8.28. The van der Waals surface area contributed by atoms with Gasteiger partial charge in [0.2, 0.25) is 0 Å². The number of aromatic nitrogens is 1. The molecule has 0 saturated carbocycles. The molecule has 2 aliphatic heterocycles. The predicted molar refractivity (Wildman–Crippen MR) is 97.4 cm³/mol. The highest BCUT2D eigenvalue weighted by atomic mass is 16.5. The van der Waals surface area contributed by atoms with E-state index in [1.54, 1.807) is 4.57 Å². The van der Waals surface area contributed by atoms with Crippen LogP contribution in [0.25, 0.3) is 0 Å². The van der Waals surface area contributed by atoms with Gasteiger partial charge < -0.3 is 14.2 Å². The Labute approximate surface area is 149 Å². The van der Waals surface area contributed by atoms with E-state index >= 15 is 0 Å². The summed E-state index contributed by atoms with van der Waals surface area (Å²) in [4.78, 5) is 30.0. The number of carbonyl (C=O) groups excluding carboxylic acids is 1. The summed E-state index contributed by atoms with van der Waals surface area (Å²) in [7, 11) is 1.54. The molecule has 0 aromatic carbocycles. The van der Waals surface area contributed by atoms with Crippen molar-refractivity contribution in [1.29, 1.82) is 0 Å². The number of amides is 1. The Morgan fingerprint density at radius 2 is 1.80 bits per heavy atom. The van der Waals surface area contributed by atoms with Crippen molar-refractivity contribution in [3.63, 3.8) is 0 Å². The third kappa shape index (κ3) is 3.59. The lowest BCUT2D eigenvalue weighted by Gasteiger charge is -2.37. The number of hydrogen-bond acceptors (Lipinski definition) is 4. The number of pyridine rings is 1. The summed E-state index contributed by atoms with van der Waals surface area (Å²) in [5, 5.41) is 0. The van der Waals surface area contributed by atoms with Gasteiger partial charge in [0.25, 0.3) is 11.5 Å². The molecule has 6 heteroatoms. The molecule has 0 atom stereocenters. The van der Waals surface area contributed by atoms with E-state index in [4.69, 9.17) is 4.74 Å². The van der Waals surface area contributed by atoms with Crippen LogP contribution in [0.15, 0.2) is 10.9 Å². The lowest BCUT2D eigenvalue weighted by atomic mass is 10.1. The Morgan fingerprint density at radius 1 is 1.08 bits per heavy atom. The number of carbonyl (C=O) groups is 1. The molecule has 6 nitrogen and oxygen atoms in total. The number of ether oxygens (including phenoxy) is 1. The van der Waals surface area contributed by atoms with Crippen LogP contribution >= 0.6 is 0 Å². The summed E-state index contributed by atoms with van der Waals surface area (Å²) >= 11 is 0. The van der Waals surface area contributed by atoms with Crippen molar-refractivity contribution in [2.75, 3.05) is 33.3 Å². The van der Waals surface area contributed by atoms with Gasteiger partial charge in [-0.2, -0.15) is 0 Å². The summed E-state index contributed by atoms with van der Waals surface area (Å²) in [5.74, 6) is 0.431. The third-order valence-corrected chi connectivity index (χ3v) is 5.44. The molecule has 25 heavy (non-hydrogen) atoms. The van der Waals surface area contributed by atoms with Crippen LogP contribution in [0.2, 0.25) is 0 Å². The molecule has 3 rings (SSSR count). The van der Waals surface area contributed by atoms with Crippen LogP contribution < -0.4 is 10.3 Å². The summed E-state index contributed by atoms with van der Waals surface area (Å²) in [5.41, 5.74) is 1.40. The summed E-state index contributed by atoms with van der Waals surface area (Å²) < 4.78 is 7.22. The molecule has 0 bridgehead atoms. The number of piperazine rings is 1. The van der Waals surface area contributed by atoms with E-state index in [0.29, 0.717) is 23.9 Å². The molecule has 0 N–H and O–H groups in total. The van der Waals surface area contributed by atoms with Gasteiger partial charge in [0.05, 0.1) is 7.11 Å². The Bertz CT molecular complexity index is 688. The molecule has 138 valence electrons. The van der Waals surface area contributed by atoms with Crippen LogP contribution in [0.5, 0.6) is 5.75 Å². The predicted octanol–water partition coefficient (Wildman–Crippen LogP) is 1.75. The van der Waals surface area contributed by atoms with Gasteiger partial charge in [-0.25, -0.2) is 0 Å². The second-order valence-electron chi connectivity index (χ2n) is 7.26. The topological polar surface area (TPSA) is 54.8 Å². The molecule has 3 heterocycles. The zero-order valence-corrected chi connectivity index (χ0v) is 15.6. The van der Waals surface area contributed by atoms with Crippen molar-refractivity contribution >= 4 is 5.91 Å². The zero-order chi connectivity index (χ0) is 18.0. The first-order valence-corrected chi connectivity index (χ1v) is 9.37. The van der Waals surface area contributed by atoms with Crippen molar-refractivity contribution in [3.8, 4) is 5.75 Å². The van der Waals surface area contributed by atoms with Gasteiger partial charge in [-0.3, -0.25) is 14.5 Å². The highest BCUT2D eigenvalue weighted by Crippen LogP contribution is 2.26. The zero-order valence-electron chi connectivity index (χ0n) is 15.6. The van der Waals surface area contributed by atoms with E-state index in [-0.39, 0.29) is 11.5 Å². The van der Waals surface area contributed by atoms with Crippen LogP contribution in [0.3, 0.4) is 0 Å². The van der Waals surface area contributed by atoms with Crippen molar-refractivity contribution in [1.82, 2.24) is 14.4 Å². The van der Waals surface area contributed by atoms with E-state index in [2.05, 4.69) is 18.7 Å². The van der Waals surface area contributed by atoms with Gasteiger partial charge in [0.1, 0.15) is 11.3 Å². The SMILES string of the molecule is COc1cc(=O)n2c(c1C(=O)N1CCN(C(C)C)CC1)CCCCC2. The minimum atomic E-state index is -0.0603. The summed E-state index contributed by atoms with van der Waals surface area (Å²) in [6, 6.07) is 1.98. The fourth-order valence-electron chi connectivity index (χ4n) is 3.91. The largest absolute Gasteiger partial charge is 0.496 e. The fraction of sp³-hybridized carbons (Fsp3) is 0.684. The molecule has 0 aliphatic carbocycles. The number of fused-ring (bicyclic) bond motifs is 1. The average molecular weight is 347 g/mol. The van der Waals surface area contributed by atoms with E-state index in [1.165, 1.54) is 13.2 Å². The van der Waals surface area contributed by atoms with Gasteiger partial charge in [0, 0.05) is 50.5 Å². The number of nitrogens with zero attached hydrogens (tertiary/aromatic N) is 3. The Balaban J connectivity index is 1.93. The van der Waals surface area contributed by atoms with E-state index in [1.807, 2.05) is 4.90 Å². The van der Waals surface area contributed by atoms with Gasteiger partial charge in [-0.15, -0.1) is 0 Å². The van der Waals surface area contributed by atoms with E-state index in [9.17, 15) is 9.59 Å². The number of rotatable bonds is 3. The highest BCUT2D eigenvalue weighted by Gasteiger charge is 2.29. The minimum Gasteiger partial charge on any atom is -0.496 e. The smallest absolute Gasteiger partial charge is 0.259 e. The van der Waals surface area contributed by atoms with Gasteiger partial charge in [-0.05, 0) is 33.1 Å². The molecule has 0 radical (unpaired) electrons. The number of hydrogen-bond donors (Lipinski definition) is 0. The molecular weight excluding hydrogens is 318 g/mol. The fourth-order valence-corrected chi connectivity index (χ4v) is 3.91. The minimum absolute atomic E-state index is 0.00547. The van der Waals surface area contributed by atoms with E-state index < -0.39 is 0 Å². The normalized spacial score (nSPS) is 18.8. The molecular formula is C19H29N3O3. The van der Waals surface area contributed by atoms with Crippen molar-refractivity contribution in [2.45, 2.75) is 52.1 Å². The van der Waals surface area contributed by atoms with Gasteiger partial charge in [-0.1, -0.05) is 6.42 Å². The molecule has 0 unspecified atom stereocenters. The Hall–Kier alpha value is -1.82. The summed E-state index contributed by atoms with van der Waals surface area (Å²) in [6.07, 6.45) is 3.84. The van der Waals surface area contributed by atoms with Gasteiger partial charge >= 0.3 is 0 Å². The second kappa shape index (κ2) is 7.60. The first-order valence-electron chi connectivity index (χ1n) is 9.37. The first kappa shape index (κ1) is 18.0. The van der Waals surface area contributed by atoms with Gasteiger partial charge in [0.15, 0.2) is 0 Å². The maximum atomic E-state index is 13.3. The highest BCUT2D eigenvalue weighted by molar-refractivity contribution is 5.98. The molecule has 2 aliphatic rings. The molecule has 1 aromatic heterocycles. The maximum absolute atomic E-state index is 13.3. The lowest BCUT2D eigenvalue weighted by molar-refractivity contribution is 0.0590. The van der Waals surface area contributed by atoms with Crippen molar-refractivity contribution in [2.24, 2.45) is 0 Å². The Kier molecular flexibility index (Phi) is 5.47. The Morgan fingerprint density at radius 3 is 2.44 bits per heavy atom. The van der Waals surface area contributed by atoms with Crippen LogP contribution in [0, 0.1) is 0 Å². The standard InChI is InChI=1S/C19H29N3O3/c1-14(2)20-9-11-21(12-10-20)19(24)18-15-7-5-4-6-8-22(15)17(23)13-16(18)25-3/h13-14H,4-12H2,1-3H3. The van der Waals surface area contributed by atoms with E-state index in [0.717, 1.165) is 57.6 Å². The van der Waals surface area contributed by atoms with Crippen molar-refractivity contribution in [3.05, 3.63) is 27.7 Å². The molecule has 1 amide bonds. The maximum Gasteiger partial charge on any atom is 0.259 e. The molecule has 0 spiro atoms. The van der Waals surface area contributed by atoms with Crippen LogP contribution in [0.4, 0.5) is 0 Å². The third-order valence-electron chi connectivity index (χ3n) is 5.44. The lowest BCUT2D eigenvalue weighted by Crippen LogP contribution is -2.51. The molecule has 1 fully saturated rings. The van der Waals surface area contributed by atoms with Crippen LogP contribution in [0.1, 0.15) is 49.2 Å². The van der Waals surface area contributed by atoms with Crippen molar-refractivity contribution < 1.29 is 9.53 Å². The average Bonchev–Trinajstić information content (AvgIpc) is 2.87. The molecule has 1 aromatic rings.